The Morgan fingerprint density at radius 1 is 0.804 bits per heavy atom. The van der Waals surface area contributed by atoms with E-state index in [1.165, 1.54) is 5.56 Å². The second-order valence-corrected chi connectivity index (χ2v) is 12.2. The highest BCUT2D eigenvalue weighted by atomic mass is 16.6. The standard InChI is InChI=1S/C37H47N5O4/c1-2-39-36(44)31-16-21-42(22-17-31)27-28-12-14-30(15-13-28)35(43)26-38-20-25-41-23-18-32(19-24-41)46-37(45)40-34-11-7-6-10-33(34)29-8-4-3-5-9-29/h3-15,31-32,38H,2,16-27H2,1H3,(H,39,44)(H,40,45). The molecule has 2 heterocycles. The molecule has 2 aliphatic rings. The number of hydrogen-bond donors (Lipinski definition) is 3. The predicted molar refractivity (Wildman–Crippen MR) is 182 cm³/mol. The van der Waals surface area contributed by atoms with E-state index in [0.717, 1.165) is 88.3 Å². The molecule has 0 bridgehead atoms. The fourth-order valence-corrected chi connectivity index (χ4v) is 6.27. The van der Waals surface area contributed by atoms with Gasteiger partial charge in [-0.3, -0.25) is 19.8 Å². The number of carbonyl (C=O) groups excluding carboxylic acids is 3. The van der Waals surface area contributed by atoms with Crippen LogP contribution in [0.2, 0.25) is 0 Å². The number of nitrogens with one attached hydrogen (secondary N) is 3. The van der Waals surface area contributed by atoms with Crippen molar-refractivity contribution < 1.29 is 19.1 Å². The minimum atomic E-state index is -0.423. The number of benzene rings is 3. The highest BCUT2D eigenvalue weighted by Gasteiger charge is 2.25. The van der Waals surface area contributed by atoms with Crippen LogP contribution < -0.4 is 16.0 Å². The molecule has 2 saturated heterocycles. The van der Waals surface area contributed by atoms with Gasteiger partial charge in [0.1, 0.15) is 6.10 Å². The molecule has 2 fully saturated rings. The van der Waals surface area contributed by atoms with Crippen molar-refractivity contribution in [2.75, 3.05) is 57.7 Å². The lowest BCUT2D eigenvalue weighted by Crippen LogP contribution is -2.42. The van der Waals surface area contributed by atoms with Crippen molar-refractivity contribution >= 4 is 23.5 Å². The smallest absolute Gasteiger partial charge is 0.411 e. The summed E-state index contributed by atoms with van der Waals surface area (Å²) in [6, 6.07) is 25.6. The predicted octanol–water partition coefficient (Wildman–Crippen LogP) is 5.19. The SMILES string of the molecule is CCNC(=O)C1CCN(Cc2ccc(C(=O)CNCCN3CCC(OC(=O)Nc4ccccc4-c4ccccc4)CC3)cc2)CC1. The van der Waals surface area contributed by atoms with Gasteiger partial charge in [-0.2, -0.15) is 0 Å². The molecular weight excluding hydrogens is 578 g/mol. The number of hydrogen-bond acceptors (Lipinski definition) is 7. The van der Waals surface area contributed by atoms with Crippen molar-refractivity contribution in [1.82, 2.24) is 20.4 Å². The Morgan fingerprint density at radius 3 is 2.20 bits per heavy atom. The molecule has 5 rings (SSSR count). The summed E-state index contributed by atoms with van der Waals surface area (Å²) < 4.78 is 5.76. The van der Waals surface area contributed by atoms with E-state index in [1.54, 1.807) is 0 Å². The molecule has 2 aliphatic heterocycles. The van der Waals surface area contributed by atoms with Crippen molar-refractivity contribution in [2.45, 2.75) is 45.3 Å². The first-order valence-corrected chi connectivity index (χ1v) is 16.7. The number of ketones is 1. The van der Waals surface area contributed by atoms with Gasteiger partial charge in [0.2, 0.25) is 5.91 Å². The summed E-state index contributed by atoms with van der Waals surface area (Å²) >= 11 is 0. The van der Waals surface area contributed by atoms with Crippen LogP contribution in [0.4, 0.5) is 10.5 Å². The minimum absolute atomic E-state index is 0.0845. The molecule has 9 heteroatoms. The van der Waals surface area contributed by atoms with Crippen LogP contribution in [0.25, 0.3) is 11.1 Å². The molecule has 3 aromatic rings. The lowest BCUT2D eigenvalue weighted by molar-refractivity contribution is -0.126. The van der Waals surface area contributed by atoms with Gasteiger partial charge in [0.15, 0.2) is 5.78 Å². The number of anilines is 1. The van der Waals surface area contributed by atoms with Crippen LogP contribution in [0.5, 0.6) is 0 Å². The van der Waals surface area contributed by atoms with Gasteiger partial charge < -0.3 is 20.3 Å². The van der Waals surface area contributed by atoms with E-state index in [1.807, 2.05) is 85.8 Å². The van der Waals surface area contributed by atoms with Crippen molar-refractivity contribution in [3.8, 4) is 11.1 Å². The first-order chi connectivity index (χ1) is 22.5. The van der Waals surface area contributed by atoms with Gasteiger partial charge in [-0.15, -0.1) is 0 Å². The summed E-state index contributed by atoms with van der Waals surface area (Å²) in [6.45, 7) is 8.86. The van der Waals surface area contributed by atoms with E-state index < -0.39 is 6.09 Å². The van der Waals surface area contributed by atoms with Crippen LogP contribution in [0.3, 0.4) is 0 Å². The Labute approximate surface area is 272 Å². The molecule has 244 valence electrons. The van der Waals surface area contributed by atoms with Crippen LogP contribution in [-0.2, 0) is 16.1 Å². The highest BCUT2D eigenvalue weighted by molar-refractivity contribution is 5.97. The zero-order chi connectivity index (χ0) is 32.1. The molecule has 0 spiro atoms. The molecule has 3 aromatic carbocycles. The third-order valence-corrected chi connectivity index (χ3v) is 8.94. The minimum Gasteiger partial charge on any atom is -0.446 e. The summed E-state index contributed by atoms with van der Waals surface area (Å²) in [5.74, 6) is 0.385. The molecule has 46 heavy (non-hydrogen) atoms. The number of ether oxygens (including phenoxy) is 1. The number of rotatable bonds is 13. The quantitative estimate of drug-likeness (QED) is 0.178. The normalized spacial score (nSPS) is 16.5. The molecule has 9 nitrogen and oxygen atoms in total. The second-order valence-electron chi connectivity index (χ2n) is 12.2. The fraction of sp³-hybridized carbons (Fsp3) is 0.432. The maximum absolute atomic E-state index is 12.7. The van der Waals surface area contributed by atoms with Crippen molar-refractivity contribution in [3.05, 3.63) is 90.0 Å². The topological polar surface area (TPSA) is 103 Å². The molecule has 0 aromatic heterocycles. The zero-order valence-electron chi connectivity index (χ0n) is 26.9. The summed E-state index contributed by atoms with van der Waals surface area (Å²) in [5.41, 5.74) is 4.63. The average Bonchev–Trinajstić information content (AvgIpc) is 3.09. The first kappa shape index (κ1) is 33.3. The molecule has 0 atom stereocenters. The Morgan fingerprint density at radius 2 is 1.48 bits per heavy atom. The molecule has 3 N–H and O–H groups in total. The van der Waals surface area contributed by atoms with Crippen LogP contribution in [0.1, 0.15) is 48.5 Å². The van der Waals surface area contributed by atoms with Crippen LogP contribution in [0.15, 0.2) is 78.9 Å². The first-order valence-electron chi connectivity index (χ1n) is 16.7. The van der Waals surface area contributed by atoms with Crippen LogP contribution in [-0.4, -0.2) is 86.0 Å². The van der Waals surface area contributed by atoms with E-state index in [0.29, 0.717) is 18.7 Å². The fourth-order valence-electron chi connectivity index (χ4n) is 6.27. The molecule has 0 radical (unpaired) electrons. The summed E-state index contributed by atoms with van der Waals surface area (Å²) in [4.78, 5) is 42.2. The summed E-state index contributed by atoms with van der Waals surface area (Å²) in [7, 11) is 0. The average molecular weight is 626 g/mol. The summed E-state index contributed by atoms with van der Waals surface area (Å²) in [5, 5.41) is 9.16. The van der Waals surface area contributed by atoms with Crippen molar-refractivity contribution in [3.63, 3.8) is 0 Å². The third-order valence-electron chi connectivity index (χ3n) is 8.94. The number of nitrogens with zero attached hydrogens (tertiary/aromatic N) is 2. The van der Waals surface area contributed by atoms with Gasteiger partial charge >= 0.3 is 6.09 Å². The number of amides is 2. The second kappa shape index (κ2) is 17.0. The van der Waals surface area contributed by atoms with Gasteiger partial charge in [0, 0.05) is 56.3 Å². The molecule has 0 aliphatic carbocycles. The van der Waals surface area contributed by atoms with Gasteiger partial charge in [-0.1, -0.05) is 72.8 Å². The third kappa shape index (κ3) is 9.72. The number of para-hydroxylation sites is 1. The Balaban J connectivity index is 0.952. The number of piperidine rings is 2. The van der Waals surface area contributed by atoms with Gasteiger partial charge in [0.05, 0.1) is 12.2 Å². The maximum atomic E-state index is 12.7. The molecular formula is C37H47N5O4. The zero-order valence-corrected chi connectivity index (χ0v) is 26.9. The highest BCUT2D eigenvalue weighted by Crippen LogP contribution is 2.28. The Bertz CT molecular complexity index is 1420. The van der Waals surface area contributed by atoms with Crippen LogP contribution >= 0.6 is 0 Å². The van der Waals surface area contributed by atoms with Gasteiger partial charge in [-0.25, -0.2) is 4.79 Å². The lowest BCUT2D eigenvalue weighted by atomic mass is 9.95. The monoisotopic (exact) mass is 625 g/mol. The van der Waals surface area contributed by atoms with E-state index >= 15 is 0 Å². The number of carbonyl (C=O) groups is 3. The Hall–Kier alpha value is -4.05. The molecule has 0 saturated carbocycles. The number of Topliss-reactive ketones (excluding diaryl/α,β-unsaturated/α-hetero) is 1. The van der Waals surface area contributed by atoms with Crippen molar-refractivity contribution in [2.24, 2.45) is 5.92 Å². The summed E-state index contributed by atoms with van der Waals surface area (Å²) in [6.07, 6.45) is 2.81. The van der Waals surface area contributed by atoms with Gasteiger partial charge in [-0.05, 0) is 62.9 Å². The van der Waals surface area contributed by atoms with E-state index in [4.69, 9.17) is 4.74 Å². The number of likely N-dealkylation sites (tertiary alicyclic amines) is 2. The maximum Gasteiger partial charge on any atom is 0.411 e. The van der Waals surface area contributed by atoms with Gasteiger partial charge in [0.25, 0.3) is 0 Å². The Kier molecular flexibility index (Phi) is 12.3. The molecule has 2 amide bonds. The van der Waals surface area contributed by atoms with Crippen LogP contribution in [0, 0.1) is 5.92 Å². The largest absolute Gasteiger partial charge is 0.446 e. The van der Waals surface area contributed by atoms with E-state index in [-0.39, 0.29) is 23.7 Å². The lowest BCUT2D eigenvalue weighted by Gasteiger charge is -2.31. The van der Waals surface area contributed by atoms with Crippen molar-refractivity contribution in [1.29, 1.82) is 0 Å². The van der Waals surface area contributed by atoms with E-state index in [9.17, 15) is 14.4 Å². The molecule has 0 unspecified atom stereocenters. The van der Waals surface area contributed by atoms with E-state index in [2.05, 4.69) is 25.8 Å².